The van der Waals surface area contributed by atoms with E-state index in [-0.39, 0.29) is 23.5 Å². The average Bonchev–Trinajstić information content (AvgIpc) is 2.37. The fourth-order valence-corrected chi connectivity index (χ4v) is 2.38. The van der Waals surface area contributed by atoms with Crippen LogP contribution in [0.25, 0.3) is 0 Å². The van der Waals surface area contributed by atoms with Crippen molar-refractivity contribution < 1.29 is 19.4 Å². The molecule has 1 aromatic rings. The molecule has 1 amide bonds. The first-order valence-electron chi connectivity index (χ1n) is 6.61. The molecule has 5 nitrogen and oxygen atoms in total. The predicted octanol–water partition coefficient (Wildman–Crippen LogP) is 1.77. The van der Waals surface area contributed by atoms with E-state index in [4.69, 9.17) is 9.84 Å². The Kier molecular flexibility index (Phi) is 4.39. The Bertz CT molecular complexity index is 491. The number of benzene rings is 1. The predicted molar refractivity (Wildman–Crippen MR) is 73.4 cm³/mol. The molecule has 5 heteroatoms. The van der Waals surface area contributed by atoms with Gasteiger partial charge in [-0.15, -0.1) is 0 Å². The Labute approximate surface area is 118 Å². The lowest BCUT2D eigenvalue weighted by molar-refractivity contribution is -0.142. The molecule has 0 unspecified atom stereocenters. The number of ether oxygens (including phenoxy) is 1. The molecule has 1 N–H and O–H groups in total. The van der Waals surface area contributed by atoms with Gasteiger partial charge in [0.05, 0.1) is 11.7 Å². The molecule has 20 heavy (non-hydrogen) atoms. The minimum atomic E-state index is -0.943. The van der Waals surface area contributed by atoms with Gasteiger partial charge in [0.15, 0.2) is 0 Å². The van der Waals surface area contributed by atoms with E-state index in [1.807, 2.05) is 0 Å². The number of hydrogen-bond acceptors (Lipinski definition) is 3. The quantitative estimate of drug-likeness (QED) is 0.890. The van der Waals surface area contributed by atoms with Crippen molar-refractivity contribution in [2.24, 2.45) is 5.92 Å². The third-order valence-electron chi connectivity index (χ3n) is 3.77. The average molecular weight is 277 g/mol. The van der Waals surface area contributed by atoms with Crippen molar-refractivity contribution in [1.29, 1.82) is 0 Å². The van der Waals surface area contributed by atoms with Crippen molar-refractivity contribution in [3.05, 3.63) is 35.4 Å². The first kappa shape index (κ1) is 14.5. The number of amides is 1. The van der Waals surface area contributed by atoms with E-state index >= 15 is 0 Å². The van der Waals surface area contributed by atoms with Crippen molar-refractivity contribution in [1.82, 2.24) is 4.90 Å². The first-order valence-corrected chi connectivity index (χ1v) is 6.61. The number of nitrogens with zero attached hydrogens (tertiary/aromatic N) is 1. The van der Waals surface area contributed by atoms with E-state index in [0.29, 0.717) is 6.54 Å². The van der Waals surface area contributed by atoms with Gasteiger partial charge in [-0.25, -0.2) is 4.79 Å². The van der Waals surface area contributed by atoms with Crippen LogP contribution < -0.4 is 0 Å². The van der Waals surface area contributed by atoms with Crippen LogP contribution in [0.15, 0.2) is 24.3 Å². The number of carbonyl (C=O) groups is 2. The molecule has 0 aliphatic heterocycles. The van der Waals surface area contributed by atoms with E-state index in [0.717, 1.165) is 18.4 Å². The molecule has 0 bridgehead atoms. The van der Waals surface area contributed by atoms with Crippen LogP contribution in [0.5, 0.6) is 0 Å². The molecule has 1 aliphatic rings. The summed E-state index contributed by atoms with van der Waals surface area (Å²) in [6.07, 6.45) is 1.79. The van der Waals surface area contributed by atoms with Gasteiger partial charge in [-0.3, -0.25) is 4.79 Å². The fourth-order valence-electron chi connectivity index (χ4n) is 2.38. The maximum Gasteiger partial charge on any atom is 0.335 e. The van der Waals surface area contributed by atoms with Gasteiger partial charge in [0.25, 0.3) is 0 Å². The summed E-state index contributed by atoms with van der Waals surface area (Å²) in [6, 6.07) is 6.60. The minimum absolute atomic E-state index is 0.0586. The summed E-state index contributed by atoms with van der Waals surface area (Å²) in [5, 5.41) is 8.83. The maximum atomic E-state index is 12.1. The number of carboxylic acids is 1. The van der Waals surface area contributed by atoms with E-state index < -0.39 is 5.97 Å². The molecule has 1 aromatic carbocycles. The molecule has 0 atom stereocenters. The summed E-state index contributed by atoms with van der Waals surface area (Å²) in [7, 11) is 3.44. The van der Waals surface area contributed by atoms with Gasteiger partial charge in [-0.1, -0.05) is 12.1 Å². The molecule has 0 aromatic heterocycles. The second-order valence-electron chi connectivity index (χ2n) is 5.22. The van der Waals surface area contributed by atoms with E-state index in [9.17, 15) is 9.59 Å². The van der Waals surface area contributed by atoms with Crippen molar-refractivity contribution in [2.45, 2.75) is 25.5 Å². The van der Waals surface area contributed by atoms with Crippen molar-refractivity contribution in [3.8, 4) is 0 Å². The summed E-state index contributed by atoms with van der Waals surface area (Å²) < 4.78 is 5.17. The molecule has 0 spiro atoms. The van der Waals surface area contributed by atoms with Crippen molar-refractivity contribution >= 4 is 11.9 Å². The van der Waals surface area contributed by atoms with Gasteiger partial charge in [0.1, 0.15) is 0 Å². The molecule has 1 fully saturated rings. The highest BCUT2D eigenvalue weighted by Gasteiger charge is 2.35. The number of hydrogen-bond donors (Lipinski definition) is 1. The Morgan fingerprint density at radius 2 is 1.90 bits per heavy atom. The number of rotatable bonds is 5. The molecular weight excluding hydrogens is 258 g/mol. The van der Waals surface area contributed by atoms with Gasteiger partial charge in [0, 0.05) is 26.6 Å². The topological polar surface area (TPSA) is 66.8 Å². The van der Waals surface area contributed by atoms with Crippen LogP contribution in [0, 0.1) is 5.92 Å². The summed E-state index contributed by atoms with van der Waals surface area (Å²) >= 11 is 0. The monoisotopic (exact) mass is 277 g/mol. The number of methoxy groups -OCH3 is 1. The molecule has 2 rings (SSSR count). The van der Waals surface area contributed by atoms with E-state index in [1.165, 1.54) is 0 Å². The van der Waals surface area contributed by atoms with Gasteiger partial charge in [-0.05, 0) is 30.5 Å². The largest absolute Gasteiger partial charge is 0.478 e. The van der Waals surface area contributed by atoms with Crippen LogP contribution in [-0.2, 0) is 16.1 Å². The lowest BCUT2D eigenvalue weighted by Crippen LogP contribution is -2.42. The standard InChI is InChI=1S/C15H19NO4/c1-16(14(17)12-7-13(8-12)20-2)9-10-3-5-11(6-4-10)15(18)19/h3-6,12-13H,7-9H2,1-2H3,(H,18,19). The molecule has 0 heterocycles. The second kappa shape index (κ2) is 6.05. The van der Waals surface area contributed by atoms with Gasteiger partial charge in [-0.2, -0.15) is 0 Å². The number of aromatic carboxylic acids is 1. The van der Waals surface area contributed by atoms with E-state index in [2.05, 4.69) is 0 Å². The third kappa shape index (κ3) is 3.17. The highest BCUT2D eigenvalue weighted by Crippen LogP contribution is 2.31. The Morgan fingerprint density at radius 1 is 1.30 bits per heavy atom. The molecule has 108 valence electrons. The molecular formula is C15H19NO4. The normalized spacial score (nSPS) is 21.1. The zero-order valence-electron chi connectivity index (χ0n) is 11.7. The summed E-state index contributed by atoms with van der Waals surface area (Å²) in [4.78, 5) is 24.6. The van der Waals surface area contributed by atoms with Gasteiger partial charge < -0.3 is 14.7 Å². The van der Waals surface area contributed by atoms with Crippen molar-refractivity contribution in [3.63, 3.8) is 0 Å². The highest BCUT2D eigenvalue weighted by molar-refractivity contribution is 5.87. The first-order chi connectivity index (χ1) is 9.51. The summed E-state index contributed by atoms with van der Waals surface area (Å²) in [5.74, 6) is -0.759. The molecule has 1 aliphatic carbocycles. The Balaban J connectivity index is 1.89. The van der Waals surface area contributed by atoms with Crippen LogP contribution in [0.3, 0.4) is 0 Å². The minimum Gasteiger partial charge on any atom is -0.478 e. The maximum absolute atomic E-state index is 12.1. The zero-order valence-corrected chi connectivity index (χ0v) is 11.7. The van der Waals surface area contributed by atoms with Crippen LogP contribution in [0.1, 0.15) is 28.8 Å². The van der Waals surface area contributed by atoms with Crippen LogP contribution in [-0.4, -0.2) is 42.1 Å². The molecule has 1 saturated carbocycles. The molecule has 0 saturated heterocycles. The lowest BCUT2D eigenvalue weighted by Gasteiger charge is -2.35. The number of carbonyl (C=O) groups excluding carboxylic acids is 1. The van der Waals surface area contributed by atoms with Crippen LogP contribution in [0.4, 0.5) is 0 Å². The Hall–Kier alpha value is -1.88. The SMILES string of the molecule is COC1CC(C(=O)N(C)Cc2ccc(C(=O)O)cc2)C1. The lowest BCUT2D eigenvalue weighted by atomic mass is 9.81. The number of carboxylic acid groups (broad SMARTS) is 1. The van der Waals surface area contributed by atoms with E-state index in [1.54, 1.807) is 43.3 Å². The van der Waals surface area contributed by atoms with Crippen LogP contribution in [0.2, 0.25) is 0 Å². The molecule has 0 radical (unpaired) electrons. The van der Waals surface area contributed by atoms with Gasteiger partial charge in [0.2, 0.25) is 5.91 Å². The van der Waals surface area contributed by atoms with Gasteiger partial charge >= 0.3 is 5.97 Å². The summed E-state index contributed by atoms with van der Waals surface area (Å²) in [6.45, 7) is 0.493. The highest BCUT2D eigenvalue weighted by atomic mass is 16.5. The smallest absolute Gasteiger partial charge is 0.335 e. The summed E-state index contributed by atoms with van der Waals surface area (Å²) in [5.41, 5.74) is 1.18. The third-order valence-corrected chi connectivity index (χ3v) is 3.77. The zero-order chi connectivity index (χ0) is 14.7. The van der Waals surface area contributed by atoms with Crippen LogP contribution >= 0.6 is 0 Å². The Morgan fingerprint density at radius 3 is 2.40 bits per heavy atom. The fraction of sp³-hybridized carbons (Fsp3) is 0.467. The second-order valence-corrected chi connectivity index (χ2v) is 5.22. The van der Waals surface area contributed by atoms with Crippen molar-refractivity contribution in [2.75, 3.05) is 14.2 Å².